The lowest BCUT2D eigenvalue weighted by Gasteiger charge is -2.21. The molecular formula is C28H35N5. The molecular weight excluding hydrogens is 406 g/mol. The van der Waals surface area contributed by atoms with Crippen LogP contribution < -0.4 is 10.6 Å². The second-order valence-corrected chi connectivity index (χ2v) is 8.00. The molecule has 0 fully saturated rings. The van der Waals surface area contributed by atoms with E-state index in [9.17, 15) is 0 Å². The molecule has 0 saturated heterocycles. The van der Waals surface area contributed by atoms with Gasteiger partial charge in [0.15, 0.2) is 0 Å². The summed E-state index contributed by atoms with van der Waals surface area (Å²) in [6, 6.07) is 10.8. The third-order valence-corrected chi connectivity index (χ3v) is 5.42. The first-order valence-electron chi connectivity index (χ1n) is 11.1. The topological polar surface area (TPSA) is 54.2 Å². The van der Waals surface area contributed by atoms with Gasteiger partial charge in [0.1, 0.15) is 0 Å². The first-order valence-corrected chi connectivity index (χ1v) is 11.1. The van der Waals surface area contributed by atoms with Crippen LogP contribution in [0.5, 0.6) is 0 Å². The van der Waals surface area contributed by atoms with E-state index in [1.54, 1.807) is 0 Å². The molecule has 0 amide bonds. The van der Waals surface area contributed by atoms with Crippen LogP contribution in [0.2, 0.25) is 0 Å². The van der Waals surface area contributed by atoms with E-state index in [1.807, 2.05) is 30.5 Å². The Kier molecular flexibility index (Phi) is 9.06. The number of allylic oxidation sites excluding steroid dienone is 2. The Morgan fingerprint density at radius 3 is 2.33 bits per heavy atom. The Morgan fingerprint density at radius 1 is 1.09 bits per heavy atom. The van der Waals surface area contributed by atoms with E-state index < -0.39 is 0 Å². The maximum atomic E-state index is 4.72. The van der Waals surface area contributed by atoms with E-state index in [4.69, 9.17) is 4.98 Å². The highest BCUT2D eigenvalue weighted by atomic mass is 15.1. The lowest BCUT2D eigenvalue weighted by molar-refractivity contribution is 0.612. The van der Waals surface area contributed by atoms with Gasteiger partial charge in [0.2, 0.25) is 5.78 Å². The minimum Gasteiger partial charge on any atom is -0.385 e. The van der Waals surface area contributed by atoms with Crippen LogP contribution in [-0.2, 0) is 6.54 Å². The van der Waals surface area contributed by atoms with Crippen LogP contribution >= 0.6 is 0 Å². The van der Waals surface area contributed by atoms with Gasteiger partial charge in [0.05, 0.1) is 28.8 Å². The number of rotatable bonds is 10. The lowest BCUT2D eigenvalue weighted by atomic mass is 10.0. The molecule has 2 aromatic heterocycles. The summed E-state index contributed by atoms with van der Waals surface area (Å²) in [5, 5.41) is 6.91. The van der Waals surface area contributed by atoms with Crippen LogP contribution in [0.4, 0.5) is 0 Å². The molecule has 5 heteroatoms. The van der Waals surface area contributed by atoms with Crippen molar-refractivity contribution in [1.29, 1.82) is 0 Å². The molecule has 0 radical (unpaired) electrons. The fraction of sp³-hybridized carbons (Fsp3) is 0.286. The van der Waals surface area contributed by atoms with Gasteiger partial charge in [-0.1, -0.05) is 57.8 Å². The molecule has 3 aromatic rings. The highest BCUT2D eigenvalue weighted by Gasteiger charge is 2.15. The summed E-state index contributed by atoms with van der Waals surface area (Å²) in [6.07, 6.45) is 11.8. The van der Waals surface area contributed by atoms with Crippen molar-refractivity contribution in [2.75, 3.05) is 0 Å². The number of aromatic nitrogens is 3. The Hall–Kier alpha value is -3.78. The van der Waals surface area contributed by atoms with E-state index in [2.05, 4.69) is 86.3 Å². The quantitative estimate of drug-likeness (QED) is 0.376. The van der Waals surface area contributed by atoms with Gasteiger partial charge in [-0.05, 0) is 49.5 Å². The van der Waals surface area contributed by atoms with Crippen LogP contribution in [0.15, 0.2) is 62.0 Å². The summed E-state index contributed by atoms with van der Waals surface area (Å²) in [6.45, 7) is 21.4. The molecule has 3 rings (SSSR count). The maximum Gasteiger partial charge on any atom is 0.235 e. The number of fused-ring (bicyclic) bond motifs is 1. The number of benzene rings is 1. The zero-order valence-corrected chi connectivity index (χ0v) is 20.3. The van der Waals surface area contributed by atoms with Gasteiger partial charge in [-0.3, -0.25) is 4.40 Å². The van der Waals surface area contributed by atoms with Gasteiger partial charge in [0, 0.05) is 18.4 Å². The highest BCUT2D eigenvalue weighted by Crippen LogP contribution is 2.23. The van der Waals surface area contributed by atoms with Crippen molar-refractivity contribution >= 4 is 17.0 Å². The molecule has 0 aliphatic rings. The molecule has 0 spiro atoms. The van der Waals surface area contributed by atoms with Gasteiger partial charge in [-0.25, -0.2) is 9.97 Å². The van der Waals surface area contributed by atoms with E-state index in [0.29, 0.717) is 5.78 Å². The fourth-order valence-electron chi connectivity index (χ4n) is 3.49. The van der Waals surface area contributed by atoms with Gasteiger partial charge in [-0.15, -0.1) is 12.8 Å². The van der Waals surface area contributed by atoms with E-state index in [0.717, 1.165) is 53.4 Å². The Morgan fingerprint density at radius 2 is 1.76 bits per heavy atom. The standard InChI is InChI=1S/C26H33N5.C2H2/c1-8-18(5)27-15-21-10-12-22(13-11-21)23(9-2)29-20(7)24-14-25(17(3)4)31-16-19(6)28-26(31)30-24;1-2/h10-14,16,23,27,29H,3,5,7-9,15H2,1-2,4,6H3;1-2H/t23-;/m0./s1. The van der Waals surface area contributed by atoms with E-state index in [-0.39, 0.29) is 6.04 Å². The number of imidazole rings is 1. The maximum absolute atomic E-state index is 4.72. The van der Waals surface area contributed by atoms with Crippen molar-refractivity contribution in [2.24, 2.45) is 0 Å². The molecule has 0 aliphatic heterocycles. The van der Waals surface area contributed by atoms with Crippen molar-refractivity contribution in [1.82, 2.24) is 25.0 Å². The van der Waals surface area contributed by atoms with Crippen molar-refractivity contribution in [3.63, 3.8) is 0 Å². The Labute approximate surface area is 198 Å². The predicted octanol–water partition coefficient (Wildman–Crippen LogP) is 6.05. The molecule has 1 aromatic carbocycles. The fourth-order valence-corrected chi connectivity index (χ4v) is 3.49. The number of nitrogens with one attached hydrogen (secondary N) is 2. The van der Waals surface area contributed by atoms with Gasteiger partial charge < -0.3 is 10.6 Å². The minimum absolute atomic E-state index is 0.146. The zero-order valence-electron chi connectivity index (χ0n) is 20.3. The van der Waals surface area contributed by atoms with Crippen molar-refractivity contribution < 1.29 is 0 Å². The van der Waals surface area contributed by atoms with Crippen LogP contribution in [0, 0.1) is 19.8 Å². The largest absolute Gasteiger partial charge is 0.385 e. The van der Waals surface area contributed by atoms with Crippen LogP contribution in [0.1, 0.15) is 67.9 Å². The summed E-state index contributed by atoms with van der Waals surface area (Å²) in [4.78, 5) is 9.25. The summed E-state index contributed by atoms with van der Waals surface area (Å²) < 4.78 is 1.98. The van der Waals surface area contributed by atoms with Gasteiger partial charge in [-0.2, -0.15) is 0 Å². The van der Waals surface area contributed by atoms with Crippen LogP contribution in [0.25, 0.3) is 17.0 Å². The smallest absolute Gasteiger partial charge is 0.235 e. The molecule has 33 heavy (non-hydrogen) atoms. The molecule has 5 nitrogen and oxygen atoms in total. The first-order chi connectivity index (χ1) is 15.8. The summed E-state index contributed by atoms with van der Waals surface area (Å²) in [5.74, 6) is 0.662. The summed E-state index contributed by atoms with van der Waals surface area (Å²) in [5.41, 5.74) is 7.95. The normalized spacial score (nSPS) is 11.2. The molecule has 2 N–H and O–H groups in total. The van der Waals surface area contributed by atoms with E-state index in [1.165, 1.54) is 11.1 Å². The minimum atomic E-state index is 0.146. The number of hydrogen-bond acceptors (Lipinski definition) is 4. The predicted molar refractivity (Wildman–Crippen MR) is 140 cm³/mol. The summed E-state index contributed by atoms with van der Waals surface area (Å²) in [7, 11) is 0. The molecule has 0 aliphatic carbocycles. The van der Waals surface area contributed by atoms with Crippen LogP contribution in [-0.4, -0.2) is 14.4 Å². The third-order valence-electron chi connectivity index (χ3n) is 5.42. The third kappa shape index (κ3) is 6.36. The van der Waals surface area contributed by atoms with E-state index >= 15 is 0 Å². The SMILES string of the molecule is C#C.C=C(CC)NCc1ccc([C@H](CC)NC(=C)c2cc(C(=C)C)n3cc(C)nc3n2)cc1. The van der Waals surface area contributed by atoms with Crippen molar-refractivity contribution in [3.05, 3.63) is 90.2 Å². The molecule has 2 heterocycles. The number of terminal acetylenes is 1. The zero-order chi connectivity index (χ0) is 24.5. The molecule has 1 atom stereocenters. The Balaban J connectivity index is 0.00000187. The molecule has 0 saturated carbocycles. The summed E-state index contributed by atoms with van der Waals surface area (Å²) >= 11 is 0. The first kappa shape index (κ1) is 25.5. The van der Waals surface area contributed by atoms with Crippen molar-refractivity contribution in [2.45, 2.75) is 53.1 Å². The van der Waals surface area contributed by atoms with Crippen LogP contribution in [0.3, 0.4) is 0 Å². The highest BCUT2D eigenvalue weighted by molar-refractivity contribution is 5.67. The van der Waals surface area contributed by atoms with Crippen molar-refractivity contribution in [3.8, 4) is 12.8 Å². The second-order valence-electron chi connectivity index (χ2n) is 8.00. The molecule has 0 unspecified atom stereocenters. The number of aryl methyl sites for hydroxylation is 1. The average molecular weight is 442 g/mol. The molecule has 0 bridgehead atoms. The monoisotopic (exact) mass is 441 g/mol. The number of nitrogens with zero attached hydrogens (tertiary/aromatic N) is 3. The Bertz CT molecular complexity index is 1150. The van der Waals surface area contributed by atoms with Gasteiger partial charge >= 0.3 is 0 Å². The lowest BCUT2D eigenvalue weighted by Crippen LogP contribution is -2.20. The average Bonchev–Trinajstić information content (AvgIpc) is 3.21. The van der Waals surface area contributed by atoms with Gasteiger partial charge in [0.25, 0.3) is 0 Å². The second kappa shape index (κ2) is 11.7. The number of hydrogen-bond donors (Lipinski definition) is 2. The molecule has 172 valence electrons.